The summed E-state index contributed by atoms with van der Waals surface area (Å²) in [6, 6.07) is 0. The fourth-order valence-corrected chi connectivity index (χ4v) is 1.78. The third-order valence-electron chi connectivity index (χ3n) is 2.23. The second kappa shape index (κ2) is 3.31. The van der Waals surface area contributed by atoms with Gasteiger partial charge >= 0.3 is 0 Å². The van der Waals surface area contributed by atoms with Crippen LogP contribution in [0.2, 0.25) is 0 Å². The first kappa shape index (κ1) is 9.58. The van der Waals surface area contributed by atoms with E-state index in [0.717, 1.165) is 24.2 Å². The molecule has 76 valence electrons. The number of aromatic nitrogens is 2. The average Bonchev–Trinajstić information content (AvgIpc) is 2.88. The summed E-state index contributed by atoms with van der Waals surface area (Å²) in [6.07, 6.45) is 7.86. The van der Waals surface area contributed by atoms with Gasteiger partial charge in [0.2, 0.25) is 15.0 Å². The largest absolute Gasteiger partial charge is 0.246 e. The Labute approximate surface area is 83.3 Å². The van der Waals surface area contributed by atoms with Crippen molar-refractivity contribution < 1.29 is 8.42 Å². The number of sulfone groups is 1. The minimum atomic E-state index is -3.25. The van der Waals surface area contributed by atoms with Crippen molar-refractivity contribution in [2.24, 2.45) is 5.92 Å². The first-order valence-electron chi connectivity index (χ1n) is 4.56. The van der Waals surface area contributed by atoms with Crippen molar-refractivity contribution in [3.05, 3.63) is 18.0 Å². The van der Waals surface area contributed by atoms with Gasteiger partial charge in [-0.05, 0) is 30.7 Å². The molecule has 14 heavy (non-hydrogen) atoms. The molecule has 0 bridgehead atoms. The molecule has 1 aromatic rings. The summed E-state index contributed by atoms with van der Waals surface area (Å²) < 4.78 is 22.1. The van der Waals surface area contributed by atoms with Gasteiger partial charge in [-0.25, -0.2) is 18.4 Å². The number of hydrogen-bond donors (Lipinski definition) is 0. The molecule has 1 aromatic heterocycles. The molecule has 1 aliphatic carbocycles. The predicted octanol–water partition coefficient (Wildman–Crippen LogP) is 0.833. The van der Waals surface area contributed by atoms with Crippen molar-refractivity contribution in [3.8, 4) is 0 Å². The molecular weight excluding hydrogens is 200 g/mol. The minimum absolute atomic E-state index is 0.0861. The standard InChI is InChI=1S/C9H12N2O2S/c1-14(12,13)9-10-5-8(6-11-9)4-7-2-3-7/h5-7H,2-4H2,1H3. The van der Waals surface area contributed by atoms with E-state index in [1.807, 2.05) is 0 Å². The van der Waals surface area contributed by atoms with E-state index in [1.54, 1.807) is 12.4 Å². The summed E-state index contributed by atoms with van der Waals surface area (Å²) in [5.74, 6) is 0.766. The van der Waals surface area contributed by atoms with Gasteiger partial charge in [-0.15, -0.1) is 0 Å². The van der Waals surface area contributed by atoms with Crippen LogP contribution in [0.5, 0.6) is 0 Å². The van der Waals surface area contributed by atoms with Crippen molar-refractivity contribution in [1.29, 1.82) is 0 Å². The molecule has 0 unspecified atom stereocenters. The van der Waals surface area contributed by atoms with E-state index in [9.17, 15) is 8.42 Å². The van der Waals surface area contributed by atoms with Gasteiger partial charge in [0, 0.05) is 18.6 Å². The van der Waals surface area contributed by atoms with E-state index in [4.69, 9.17) is 0 Å². The molecule has 4 nitrogen and oxygen atoms in total. The van der Waals surface area contributed by atoms with Crippen molar-refractivity contribution in [1.82, 2.24) is 9.97 Å². The molecule has 2 rings (SSSR count). The maximum atomic E-state index is 11.1. The summed E-state index contributed by atoms with van der Waals surface area (Å²) in [4.78, 5) is 7.66. The summed E-state index contributed by atoms with van der Waals surface area (Å²) in [5.41, 5.74) is 1.03. The highest BCUT2D eigenvalue weighted by Gasteiger charge is 2.22. The molecular formula is C9H12N2O2S. The van der Waals surface area contributed by atoms with Crippen LogP contribution >= 0.6 is 0 Å². The summed E-state index contributed by atoms with van der Waals surface area (Å²) in [5, 5.41) is -0.0861. The average molecular weight is 212 g/mol. The Morgan fingerprint density at radius 2 is 1.93 bits per heavy atom. The van der Waals surface area contributed by atoms with Gasteiger partial charge in [0.25, 0.3) is 0 Å². The van der Waals surface area contributed by atoms with E-state index in [1.165, 1.54) is 12.8 Å². The van der Waals surface area contributed by atoms with Gasteiger partial charge in [-0.1, -0.05) is 0 Å². The quantitative estimate of drug-likeness (QED) is 0.696. The van der Waals surface area contributed by atoms with Gasteiger partial charge in [0.1, 0.15) is 0 Å². The first-order valence-corrected chi connectivity index (χ1v) is 6.46. The van der Waals surface area contributed by atoms with Crippen molar-refractivity contribution in [2.45, 2.75) is 24.4 Å². The first-order chi connectivity index (χ1) is 6.55. The zero-order valence-electron chi connectivity index (χ0n) is 7.97. The molecule has 0 aromatic carbocycles. The van der Waals surface area contributed by atoms with Crippen LogP contribution < -0.4 is 0 Å². The maximum Gasteiger partial charge on any atom is 0.246 e. The van der Waals surface area contributed by atoms with Crippen molar-refractivity contribution in [3.63, 3.8) is 0 Å². The van der Waals surface area contributed by atoms with Gasteiger partial charge in [0.05, 0.1) is 0 Å². The Kier molecular flexibility index (Phi) is 2.26. The van der Waals surface area contributed by atoms with Crippen LogP contribution in [0.25, 0.3) is 0 Å². The molecule has 0 aliphatic heterocycles. The van der Waals surface area contributed by atoms with Crippen LogP contribution in [-0.4, -0.2) is 24.6 Å². The van der Waals surface area contributed by atoms with E-state index in [-0.39, 0.29) is 5.16 Å². The van der Waals surface area contributed by atoms with Gasteiger partial charge in [-0.2, -0.15) is 0 Å². The van der Waals surface area contributed by atoms with Crippen LogP contribution in [-0.2, 0) is 16.3 Å². The highest BCUT2D eigenvalue weighted by Crippen LogP contribution is 2.32. The molecule has 1 aliphatic rings. The molecule has 1 fully saturated rings. The van der Waals surface area contributed by atoms with E-state index >= 15 is 0 Å². The zero-order valence-corrected chi connectivity index (χ0v) is 8.79. The van der Waals surface area contributed by atoms with Crippen LogP contribution in [0, 0.1) is 5.92 Å². The molecule has 0 spiro atoms. The van der Waals surface area contributed by atoms with Crippen LogP contribution in [0.15, 0.2) is 17.6 Å². The van der Waals surface area contributed by atoms with E-state index < -0.39 is 9.84 Å². The number of nitrogens with zero attached hydrogens (tertiary/aromatic N) is 2. The Hall–Kier alpha value is -0.970. The van der Waals surface area contributed by atoms with Crippen molar-refractivity contribution in [2.75, 3.05) is 6.26 Å². The topological polar surface area (TPSA) is 59.9 Å². The Bertz CT molecular complexity index is 421. The van der Waals surface area contributed by atoms with Crippen molar-refractivity contribution >= 4 is 9.84 Å². The minimum Gasteiger partial charge on any atom is -0.227 e. The fourth-order valence-electron chi connectivity index (χ4n) is 1.30. The third-order valence-corrected chi connectivity index (χ3v) is 3.11. The predicted molar refractivity (Wildman–Crippen MR) is 51.6 cm³/mol. The SMILES string of the molecule is CS(=O)(=O)c1ncc(CC2CC2)cn1. The van der Waals surface area contributed by atoms with Crippen LogP contribution in [0.3, 0.4) is 0 Å². The van der Waals surface area contributed by atoms with E-state index in [0.29, 0.717) is 0 Å². The molecule has 1 heterocycles. The highest BCUT2D eigenvalue weighted by molar-refractivity contribution is 7.90. The Morgan fingerprint density at radius 1 is 1.36 bits per heavy atom. The molecule has 0 N–H and O–H groups in total. The number of hydrogen-bond acceptors (Lipinski definition) is 4. The molecule has 5 heteroatoms. The Balaban J connectivity index is 2.16. The maximum absolute atomic E-state index is 11.1. The normalized spacial score (nSPS) is 16.9. The summed E-state index contributed by atoms with van der Waals surface area (Å²) in [7, 11) is -3.25. The third kappa shape index (κ3) is 2.29. The van der Waals surface area contributed by atoms with E-state index in [2.05, 4.69) is 9.97 Å². The second-order valence-corrected chi connectivity index (χ2v) is 5.70. The monoisotopic (exact) mass is 212 g/mol. The van der Waals surface area contributed by atoms with Crippen LogP contribution in [0.4, 0.5) is 0 Å². The summed E-state index contributed by atoms with van der Waals surface area (Å²) in [6.45, 7) is 0. The van der Waals surface area contributed by atoms with Gasteiger partial charge in [-0.3, -0.25) is 0 Å². The molecule has 0 amide bonds. The zero-order chi connectivity index (χ0) is 10.2. The highest BCUT2D eigenvalue weighted by atomic mass is 32.2. The fraction of sp³-hybridized carbons (Fsp3) is 0.556. The number of rotatable bonds is 3. The lowest BCUT2D eigenvalue weighted by Gasteiger charge is -1.99. The Morgan fingerprint density at radius 3 is 2.36 bits per heavy atom. The smallest absolute Gasteiger partial charge is 0.227 e. The molecule has 0 atom stereocenters. The van der Waals surface area contributed by atoms with Gasteiger partial charge < -0.3 is 0 Å². The lowest BCUT2D eigenvalue weighted by molar-refractivity contribution is 0.592. The molecule has 0 radical (unpaired) electrons. The van der Waals surface area contributed by atoms with Crippen LogP contribution in [0.1, 0.15) is 18.4 Å². The lowest BCUT2D eigenvalue weighted by Crippen LogP contribution is -2.04. The van der Waals surface area contributed by atoms with Gasteiger partial charge in [0.15, 0.2) is 0 Å². The molecule has 1 saturated carbocycles. The second-order valence-electron chi connectivity index (χ2n) is 3.79. The lowest BCUT2D eigenvalue weighted by atomic mass is 10.2. The summed E-state index contributed by atoms with van der Waals surface area (Å²) >= 11 is 0. The molecule has 0 saturated heterocycles.